The van der Waals surface area contributed by atoms with Crippen molar-refractivity contribution < 1.29 is 4.79 Å². The van der Waals surface area contributed by atoms with Crippen LogP contribution in [0.2, 0.25) is 5.02 Å². The molecule has 3 nitrogen and oxygen atoms in total. The Hall–Kier alpha value is -1.06. The molecule has 0 saturated heterocycles. The third-order valence-corrected chi connectivity index (χ3v) is 4.77. The zero-order chi connectivity index (χ0) is 15.5. The first-order valence-corrected chi connectivity index (χ1v) is 8.04. The minimum Gasteiger partial charge on any atom is -0.355 e. The summed E-state index contributed by atoms with van der Waals surface area (Å²) in [4.78, 5) is 12.1. The van der Waals surface area contributed by atoms with Crippen LogP contribution in [0.25, 0.3) is 0 Å². The molecule has 1 aromatic rings. The summed E-state index contributed by atoms with van der Waals surface area (Å²) in [6, 6.07) is 8.00. The third kappa shape index (κ3) is 4.45. The Morgan fingerprint density at radius 1 is 1.33 bits per heavy atom. The number of carbonyl (C=O) groups excluding carboxylic acids is 1. The highest BCUT2D eigenvalue weighted by Gasteiger charge is 2.27. The SMILES string of the molecule is CC(C)(CNC(=O)C[C@@H]1CCC[C@H]1N)c1ccc(Cl)cc1. The summed E-state index contributed by atoms with van der Waals surface area (Å²) in [6.07, 6.45) is 3.83. The molecule has 1 fully saturated rings. The lowest BCUT2D eigenvalue weighted by Crippen LogP contribution is -2.38. The predicted octanol–water partition coefficient (Wildman–Crippen LogP) is 3.25. The van der Waals surface area contributed by atoms with E-state index in [0.717, 1.165) is 24.3 Å². The molecule has 0 radical (unpaired) electrons. The minimum absolute atomic E-state index is 0.111. The molecular formula is C17H25ClN2O. The van der Waals surface area contributed by atoms with Gasteiger partial charge in [-0.3, -0.25) is 4.79 Å². The van der Waals surface area contributed by atoms with Crippen LogP contribution < -0.4 is 11.1 Å². The second kappa shape index (κ2) is 6.80. The first-order valence-electron chi connectivity index (χ1n) is 7.67. The Kier molecular flexibility index (Phi) is 5.28. The van der Waals surface area contributed by atoms with E-state index < -0.39 is 0 Å². The fourth-order valence-corrected chi connectivity index (χ4v) is 3.08. The summed E-state index contributed by atoms with van der Waals surface area (Å²) in [5.74, 6) is 0.461. The molecule has 4 heteroatoms. The molecule has 0 aliphatic heterocycles. The van der Waals surface area contributed by atoms with E-state index >= 15 is 0 Å². The molecule has 1 aromatic carbocycles. The van der Waals surface area contributed by atoms with E-state index in [1.54, 1.807) is 0 Å². The van der Waals surface area contributed by atoms with Gasteiger partial charge in [-0.25, -0.2) is 0 Å². The number of benzene rings is 1. The summed E-state index contributed by atoms with van der Waals surface area (Å²) >= 11 is 5.92. The van der Waals surface area contributed by atoms with Gasteiger partial charge >= 0.3 is 0 Å². The van der Waals surface area contributed by atoms with Crippen molar-refractivity contribution in [1.82, 2.24) is 5.32 Å². The van der Waals surface area contributed by atoms with Gasteiger partial charge < -0.3 is 11.1 Å². The first-order chi connectivity index (χ1) is 9.88. The first kappa shape index (κ1) is 16.3. The zero-order valence-corrected chi connectivity index (χ0v) is 13.6. The molecular weight excluding hydrogens is 284 g/mol. The van der Waals surface area contributed by atoms with Crippen LogP contribution in [0.4, 0.5) is 0 Å². The summed E-state index contributed by atoms with van der Waals surface area (Å²) in [7, 11) is 0. The molecule has 2 atom stereocenters. The van der Waals surface area contributed by atoms with Crippen LogP contribution in [0.15, 0.2) is 24.3 Å². The maximum Gasteiger partial charge on any atom is 0.220 e. The third-order valence-electron chi connectivity index (χ3n) is 4.52. The molecule has 0 heterocycles. The molecule has 116 valence electrons. The quantitative estimate of drug-likeness (QED) is 0.877. The van der Waals surface area contributed by atoms with E-state index in [1.807, 2.05) is 24.3 Å². The number of nitrogens with one attached hydrogen (secondary N) is 1. The van der Waals surface area contributed by atoms with Crippen molar-refractivity contribution in [2.24, 2.45) is 11.7 Å². The average molecular weight is 309 g/mol. The van der Waals surface area contributed by atoms with Crippen LogP contribution in [0.5, 0.6) is 0 Å². The lowest BCUT2D eigenvalue weighted by atomic mass is 9.84. The van der Waals surface area contributed by atoms with Crippen molar-refractivity contribution in [2.75, 3.05) is 6.54 Å². The predicted molar refractivity (Wildman–Crippen MR) is 87.4 cm³/mol. The molecule has 0 spiro atoms. The maximum absolute atomic E-state index is 12.1. The van der Waals surface area contributed by atoms with Gasteiger partial charge in [-0.05, 0) is 36.5 Å². The molecule has 21 heavy (non-hydrogen) atoms. The van der Waals surface area contributed by atoms with Gasteiger partial charge in [0, 0.05) is 29.4 Å². The van der Waals surface area contributed by atoms with Gasteiger partial charge in [0.1, 0.15) is 0 Å². The van der Waals surface area contributed by atoms with Crippen molar-refractivity contribution >= 4 is 17.5 Å². The lowest BCUT2D eigenvalue weighted by molar-refractivity contribution is -0.122. The number of rotatable bonds is 5. The largest absolute Gasteiger partial charge is 0.355 e. The van der Waals surface area contributed by atoms with Crippen molar-refractivity contribution in [3.8, 4) is 0 Å². The van der Waals surface area contributed by atoms with Crippen molar-refractivity contribution in [3.05, 3.63) is 34.9 Å². The topological polar surface area (TPSA) is 55.1 Å². The Bertz CT molecular complexity index is 484. The molecule has 0 unspecified atom stereocenters. The number of amides is 1. The van der Waals surface area contributed by atoms with Crippen LogP contribution in [0.1, 0.15) is 45.1 Å². The van der Waals surface area contributed by atoms with Crippen LogP contribution in [-0.4, -0.2) is 18.5 Å². The molecule has 2 rings (SSSR count). The van der Waals surface area contributed by atoms with Gasteiger partial charge in [0.2, 0.25) is 5.91 Å². The standard InChI is InChI=1S/C17H25ClN2O/c1-17(2,13-6-8-14(18)9-7-13)11-20-16(21)10-12-4-3-5-15(12)19/h6-9,12,15H,3-5,10-11,19H2,1-2H3,(H,20,21)/t12-,15+/m0/s1. The zero-order valence-electron chi connectivity index (χ0n) is 12.9. The van der Waals surface area contributed by atoms with E-state index in [1.165, 1.54) is 5.56 Å². The second-order valence-corrected chi connectivity index (χ2v) is 7.16. The number of hydrogen-bond acceptors (Lipinski definition) is 2. The Morgan fingerprint density at radius 3 is 2.57 bits per heavy atom. The molecule has 1 amide bonds. The molecule has 1 saturated carbocycles. The number of hydrogen-bond donors (Lipinski definition) is 2. The van der Waals surface area contributed by atoms with E-state index in [4.69, 9.17) is 17.3 Å². The maximum atomic E-state index is 12.1. The number of halogens is 1. The molecule has 1 aliphatic carbocycles. The van der Waals surface area contributed by atoms with Gasteiger partial charge in [0.25, 0.3) is 0 Å². The van der Waals surface area contributed by atoms with E-state index in [9.17, 15) is 4.79 Å². The minimum atomic E-state index is -0.113. The molecule has 0 aromatic heterocycles. The van der Waals surface area contributed by atoms with Crippen molar-refractivity contribution in [3.63, 3.8) is 0 Å². The normalized spacial score (nSPS) is 22.3. The monoisotopic (exact) mass is 308 g/mol. The highest BCUT2D eigenvalue weighted by atomic mass is 35.5. The van der Waals surface area contributed by atoms with Crippen LogP contribution in [-0.2, 0) is 10.2 Å². The average Bonchev–Trinajstić information content (AvgIpc) is 2.83. The summed E-state index contributed by atoms with van der Waals surface area (Å²) in [5, 5.41) is 3.79. The van der Waals surface area contributed by atoms with Gasteiger partial charge in [-0.2, -0.15) is 0 Å². The fourth-order valence-electron chi connectivity index (χ4n) is 2.95. The molecule has 1 aliphatic rings. The van der Waals surface area contributed by atoms with Crippen molar-refractivity contribution in [2.45, 2.75) is 51.0 Å². The second-order valence-electron chi connectivity index (χ2n) is 6.73. The summed E-state index contributed by atoms with van der Waals surface area (Å²) in [5.41, 5.74) is 7.08. The van der Waals surface area contributed by atoms with Crippen LogP contribution in [0.3, 0.4) is 0 Å². The lowest BCUT2D eigenvalue weighted by Gasteiger charge is -2.26. The van der Waals surface area contributed by atoms with Gasteiger partial charge in [0.05, 0.1) is 0 Å². The number of carbonyl (C=O) groups is 1. The highest BCUT2D eigenvalue weighted by molar-refractivity contribution is 6.30. The van der Waals surface area contributed by atoms with E-state index in [2.05, 4.69) is 19.2 Å². The smallest absolute Gasteiger partial charge is 0.220 e. The fraction of sp³-hybridized carbons (Fsp3) is 0.588. The van der Waals surface area contributed by atoms with Crippen LogP contribution in [0, 0.1) is 5.92 Å². The summed E-state index contributed by atoms with van der Waals surface area (Å²) in [6.45, 7) is 4.87. The number of nitrogens with two attached hydrogens (primary N) is 1. The van der Waals surface area contributed by atoms with Crippen molar-refractivity contribution in [1.29, 1.82) is 0 Å². The van der Waals surface area contributed by atoms with E-state index in [-0.39, 0.29) is 17.4 Å². The Labute approximate surface area is 132 Å². The van der Waals surface area contributed by atoms with Gasteiger partial charge in [-0.1, -0.05) is 44.0 Å². The summed E-state index contributed by atoms with van der Waals surface area (Å²) < 4.78 is 0. The highest BCUT2D eigenvalue weighted by Crippen LogP contribution is 2.27. The van der Waals surface area contributed by atoms with E-state index in [0.29, 0.717) is 18.9 Å². The van der Waals surface area contributed by atoms with Gasteiger partial charge in [-0.15, -0.1) is 0 Å². The van der Waals surface area contributed by atoms with Gasteiger partial charge in [0.15, 0.2) is 0 Å². The Morgan fingerprint density at radius 2 is 2.00 bits per heavy atom. The molecule has 3 N–H and O–H groups in total. The Balaban J connectivity index is 1.86. The van der Waals surface area contributed by atoms with Crippen LogP contribution >= 0.6 is 11.6 Å². The molecule has 0 bridgehead atoms.